The molecule has 0 bridgehead atoms. The Labute approximate surface area is 114 Å². The summed E-state index contributed by atoms with van der Waals surface area (Å²) >= 11 is 0. The first-order valence-electron chi connectivity index (χ1n) is 7.12. The maximum absolute atomic E-state index is 3.89. The van der Waals surface area contributed by atoms with E-state index in [0.29, 0.717) is 6.04 Å². The van der Waals surface area contributed by atoms with Gasteiger partial charge in [-0.05, 0) is 40.7 Å². The zero-order valence-corrected chi connectivity index (χ0v) is 13.2. The molecule has 0 aliphatic heterocycles. The average Bonchev–Trinajstić information content (AvgIpc) is 2.32. The van der Waals surface area contributed by atoms with Crippen molar-refractivity contribution in [2.24, 2.45) is 0 Å². The first-order valence-corrected chi connectivity index (χ1v) is 7.12. The fourth-order valence-electron chi connectivity index (χ4n) is 2.11. The molecule has 1 heteroatoms. The summed E-state index contributed by atoms with van der Waals surface area (Å²) in [5.41, 5.74) is 3.91. The molecule has 0 saturated heterocycles. The predicted octanol–water partition coefficient (Wildman–Crippen LogP) is 4.97. The summed E-state index contributed by atoms with van der Waals surface area (Å²) in [4.78, 5) is 2.48. The van der Waals surface area contributed by atoms with Crippen LogP contribution in [0.25, 0.3) is 0 Å². The molecule has 18 heavy (non-hydrogen) atoms. The number of hydrogen-bond donors (Lipinski definition) is 0. The highest BCUT2D eigenvalue weighted by molar-refractivity contribution is 5.28. The van der Waals surface area contributed by atoms with Crippen LogP contribution in [0.15, 0.2) is 35.5 Å². The van der Waals surface area contributed by atoms with Gasteiger partial charge in [0.1, 0.15) is 0 Å². The Kier molecular flexibility index (Phi) is 8.74. The SMILES string of the molecule is C=C(C)/C=C\C(C)=C(/C)CN(C)C(CC)CCC. The van der Waals surface area contributed by atoms with Crippen molar-refractivity contribution in [3.63, 3.8) is 0 Å². The summed E-state index contributed by atoms with van der Waals surface area (Å²) in [6.07, 6.45) is 8.05. The molecule has 1 nitrogen and oxygen atoms in total. The first kappa shape index (κ1) is 17.2. The molecule has 0 aromatic carbocycles. The van der Waals surface area contributed by atoms with Crippen LogP contribution in [0.2, 0.25) is 0 Å². The molecule has 0 aromatic heterocycles. The second-order valence-electron chi connectivity index (χ2n) is 5.41. The Morgan fingerprint density at radius 1 is 1.17 bits per heavy atom. The molecule has 0 amide bonds. The molecular weight excluding hydrogens is 218 g/mol. The molecule has 0 aliphatic rings. The van der Waals surface area contributed by atoms with E-state index in [2.05, 4.69) is 58.4 Å². The van der Waals surface area contributed by atoms with Crippen molar-refractivity contribution in [2.75, 3.05) is 13.6 Å². The van der Waals surface area contributed by atoms with Crippen molar-refractivity contribution in [1.82, 2.24) is 4.90 Å². The summed E-state index contributed by atoms with van der Waals surface area (Å²) in [6, 6.07) is 0.711. The second kappa shape index (κ2) is 9.16. The van der Waals surface area contributed by atoms with Crippen LogP contribution in [0.3, 0.4) is 0 Å². The van der Waals surface area contributed by atoms with E-state index in [4.69, 9.17) is 0 Å². The number of allylic oxidation sites excluding steroid dienone is 4. The van der Waals surface area contributed by atoms with Crippen molar-refractivity contribution < 1.29 is 0 Å². The fraction of sp³-hybridized carbons (Fsp3) is 0.647. The van der Waals surface area contributed by atoms with Gasteiger partial charge in [0.2, 0.25) is 0 Å². The molecule has 0 rings (SSSR count). The number of rotatable bonds is 8. The van der Waals surface area contributed by atoms with Gasteiger partial charge < -0.3 is 0 Å². The van der Waals surface area contributed by atoms with Gasteiger partial charge in [-0.2, -0.15) is 0 Å². The van der Waals surface area contributed by atoms with Crippen LogP contribution in [0.1, 0.15) is 53.9 Å². The third kappa shape index (κ3) is 6.80. The van der Waals surface area contributed by atoms with Gasteiger partial charge in [-0.15, -0.1) is 0 Å². The molecule has 0 saturated carbocycles. The number of likely N-dealkylation sites (N-methyl/N-ethyl adjacent to an activating group) is 1. The van der Waals surface area contributed by atoms with Gasteiger partial charge in [0.05, 0.1) is 0 Å². The highest BCUT2D eigenvalue weighted by Gasteiger charge is 2.11. The minimum atomic E-state index is 0.711. The molecular formula is C17H31N. The molecule has 1 atom stereocenters. The van der Waals surface area contributed by atoms with E-state index in [1.807, 2.05) is 6.92 Å². The minimum absolute atomic E-state index is 0.711. The third-order valence-electron chi connectivity index (χ3n) is 3.49. The van der Waals surface area contributed by atoms with E-state index in [9.17, 15) is 0 Å². The summed E-state index contributed by atoms with van der Waals surface area (Å²) in [7, 11) is 2.24. The molecule has 0 N–H and O–H groups in total. The van der Waals surface area contributed by atoms with Crippen LogP contribution < -0.4 is 0 Å². The van der Waals surface area contributed by atoms with Gasteiger partial charge in [0.25, 0.3) is 0 Å². The van der Waals surface area contributed by atoms with Crippen LogP contribution in [0.4, 0.5) is 0 Å². The smallest absolute Gasteiger partial charge is 0.0195 e. The summed E-state index contributed by atoms with van der Waals surface area (Å²) < 4.78 is 0. The Balaban J connectivity index is 4.56. The largest absolute Gasteiger partial charge is 0.299 e. The summed E-state index contributed by atoms with van der Waals surface area (Å²) in [5, 5.41) is 0. The van der Waals surface area contributed by atoms with Gasteiger partial charge in [0, 0.05) is 12.6 Å². The Bertz CT molecular complexity index is 310. The molecule has 0 spiro atoms. The molecule has 0 aliphatic carbocycles. The quantitative estimate of drug-likeness (QED) is 0.549. The predicted molar refractivity (Wildman–Crippen MR) is 83.9 cm³/mol. The molecule has 0 radical (unpaired) electrons. The fourth-order valence-corrected chi connectivity index (χ4v) is 2.11. The van der Waals surface area contributed by atoms with Crippen LogP contribution in [-0.4, -0.2) is 24.5 Å². The van der Waals surface area contributed by atoms with Gasteiger partial charge in [-0.1, -0.05) is 55.7 Å². The maximum atomic E-state index is 3.89. The van der Waals surface area contributed by atoms with Crippen molar-refractivity contribution >= 4 is 0 Å². The highest BCUT2D eigenvalue weighted by Crippen LogP contribution is 2.13. The molecule has 104 valence electrons. The lowest BCUT2D eigenvalue weighted by atomic mass is 10.1. The van der Waals surface area contributed by atoms with Gasteiger partial charge in [0.15, 0.2) is 0 Å². The molecule has 0 heterocycles. The van der Waals surface area contributed by atoms with Crippen molar-refractivity contribution in [3.05, 3.63) is 35.5 Å². The lowest BCUT2D eigenvalue weighted by Crippen LogP contribution is -2.32. The number of nitrogens with zero attached hydrogens (tertiary/aromatic N) is 1. The van der Waals surface area contributed by atoms with E-state index in [-0.39, 0.29) is 0 Å². The Morgan fingerprint density at radius 2 is 1.78 bits per heavy atom. The monoisotopic (exact) mass is 249 g/mol. The van der Waals surface area contributed by atoms with Crippen molar-refractivity contribution in [3.8, 4) is 0 Å². The Morgan fingerprint density at radius 3 is 2.22 bits per heavy atom. The zero-order chi connectivity index (χ0) is 14.1. The standard InChI is InChI=1S/C17H31N/c1-8-10-17(9-2)18(7)13-16(6)15(5)12-11-14(3)4/h11-12,17H,3,8-10,13H2,1-2,4-7H3/b12-11-,16-15+. The van der Waals surface area contributed by atoms with Gasteiger partial charge >= 0.3 is 0 Å². The molecule has 1 unspecified atom stereocenters. The molecule has 0 aromatic rings. The van der Waals surface area contributed by atoms with Crippen molar-refractivity contribution in [2.45, 2.75) is 59.9 Å². The maximum Gasteiger partial charge on any atom is 0.0195 e. The van der Waals surface area contributed by atoms with Gasteiger partial charge in [-0.25, -0.2) is 0 Å². The first-order chi connectivity index (χ1) is 8.42. The highest BCUT2D eigenvalue weighted by atomic mass is 15.1. The summed E-state index contributed by atoms with van der Waals surface area (Å²) in [5.74, 6) is 0. The Hall–Kier alpha value is -0.820. The van der Waals surface area contributed by atoms with Crippen LogP contribution in [-0.2, 0) is 0 Å². The number of hydrogen-bond acceptors (Lipinski definition) is 1. The average molecular weight is 249 g/mol. The molecule has 0 fully saturated rings. The second-order valence-corrected chi connectivity index (χ2v) is 5.41. The van der Waals surface area contributed by atoms with E-state index < -0.39 is 0 Å². The minimum Gasteiger partial charge on any atom is -0.299 e. The van der Waals surface area contributed by atoms with E-state index in [1.165, 1.54) is 30.4 Å². The van der Waals surface area contributed by atoms with Gasteiger partial charge in [-0.3, -0.25) is 4.90 Å². The van der Waals surface area contributed by atoms with E-state index >= 15 is 0 Å². The van der Waals surface area contributed by atoms with E-state index in [0.717, 1.165) is 12.1 Å². The summed E-state index contributed by atoms with van der Waals surface area (Å²) in [6.45, 7) is 15.9. The normalized spacial score (nSPS) is 15.1. The van der Waals surface area contributed by atoms with Crippen molar-refractivity contribution in [1.29, 1.82) is 0 Å². The van der Waals surface area contributed by atoms with Crippen LogP contribution >= 0.6 is 0 Å². The third-order valence-corrected chi connectivity index (χ3v) is 3.49. The lowest BCUT2D eigenvalue weighted by Gasteiger charge is -2.27. The van der Waals surface area contributed by atoms with Crippen LogP contribution in [0.5, 0.6) is 0 Å². The van der Waals surface area contributed by atoms with Crippen LogP contribution in [0, 0.1) is 0 Å². The topological polar surface area (TPSA) is 3.24 Å². The lowest BCUT2D eigenvalue weighted by molar-refractivity contribution is 0.239. The zero-order valence-electron chi connectivity index (χ0n) is 13.2. The van der Waals surface area contributed by atoms with E-state index in [1.54, 1.807) is 0 Å².